The molecule has 1 aromatic rings. The van der Waals surface area contributed by atoms with E-state index in [0.717, 1.165) is 31.7 Å². The highest BCUT2D eigenvalue weighted by atomic mass is 16.5. The Morgan fingerprint density at radius 2 is 2.04 bits per heavy atom. The molecule has 2 heterocycles. The molecule has 2 fully saturated rings. The van der Waals surface area contributed by atoms with Crippen LogP contribution in [0.2, 0.25) is 0 Å². The number of nitrogens with one attached hydrogen (secondary N) is 2. The smallest absolute Gasteiger partial charge is 0.315 e. The molecule has 0 unspecified atom stereocenters. The third kappa shape index (κ3) is 5.74. The van der Waals surface area contributed by atoms with E-state index in [9.17, 15) is 4.79 Å². The second-order valence-electron chi connectivity index (χ2n) is 6.40. The molecular formula is C17H27N5O3. The van der Waals surface area contributed by atoms with E-state index >= 15 is 0 Å². The van der Waals surface area contributed by atoms with E-state index in [2.05, 4.69) is 25.5 Å². The summed E-state index contributed by atoms with van der Waals surface area (Å²) in [6, 6.07) is 2.02. The van der Waals surface area contributed by atoms with Crippen LogP contribution in [0, 0.1) is 0 Å². The highest BCUT2D eigenvalue weighted by molar-refractivity contribution is 5.74. The Labute approximate surface area is 148 Å². The Hall–Kier alpha value is -2.09. The number of ether oxygens (including phenoxy) is 2. The third-order valence-electron chi connectivity index (χ3n) is 4.54. The lowest BCUT2D eigenvalue weighted by molar-refractivity contribution is 0.122. The maximum absolute atomic E-state index is 11.9. The lowest BCUT2D eigenvalue weighted by atomic mass is 9.96. The van der Waals surface area contributed by atoms with Crippen LogP contribution in [0.5, 0.6) is 5.88 Å². The number of aromatic nitrogens is 2. The topological polar surface area (TPSA) is 88.6 Å². The van der Waals surface area contributed by atoms with E-state index in [1.54, 1.807) is 0 Å². The summed E-state index contributed by atoms with van der Waals surface area (Å²) in [5, 5.41) is 5.85. The zero-order valence-corrected chi connectivity index (χ0v) is 14.6. The molecule has 1 aliphatic heterocycles. The van der Waals surface area contributed by atoms with Gasteiger partial charge in [0.1, 0.15) is 18.8 Å². The summed E-state index contributed by atoms with van der Waals surface area (Å²) < 4.78 is 11.0. The third-order valence-corrected chi connectivity index (χ3v) is 4.54. The minimum Gasteiger partial charge on any atom is -0.476 e. The van der Waals surface area contributed by atoms with E-state index in [0.29, 0.717) is 38.3 Å². The van der Waals surface area contributed by atoms with Crippen LogP contribution in [0.1, 0.15) is 32.1 Å². The molecule has 8 nitrogen and oxygen atoms in total. The van der Waals surface area contributed by atoms with Gasteiger partial charge in [-0.15, -0.1) is 0 Å². The van der Waals surface area contributed by atoms with Gasteiger partial charge in [-0.1, -0.05) is 19.3 Å². The maximum Gasteiger partial charge on any atom is 0.315 e. The van der Waals surface area contributed by atoms with Gasteiger partial charge in [0.05, 0.1) is 19.8 Å². The molecule has 0 radical (unpaired) electrons. The predicted molar refractivity (Wildman–Crippen MR) is 94.0 cm³/mol. The minimum atomic E-state index is -0.118. The van der Waals surface area contributed by atoms with Crippen molar-refractivity contribution >= 4 is 11.8 Å². The molecule has 2 N–H and O–H groups in total. The van der Waals surface area contributed by atoms with E-state index in [-0.39, 0.29) is 6.03 Å². The molecule has 2 aliphatic rings. The first-order valence-corrected chi connectivity index (χ1v) is 9.13. The van der Waals surface area contributed by atoms with E-state index in [1.807, 2.05) is 6.07 Å². The number of urea groups is 1. The van der Waals surface area contributed by atoms with Crippen LogP contribution in [-0.4, -0.2) is 61.5 Å². The van der Waals surface area contributed by atoms with Crippen LogP contribution in [-0.2, 0) is 4.74 Å². The Kier molecular flexibility index (Phi) is 6.67. The van der Waals surface area contributed by atoms with Gasteiger partial charge in [0, 0.05) is 25.2 Å². The molecule has 1 aromatic heterocycles. The number of rotatable bonds is 6. The Bertz CT molecular complexity index is 545. The number of carbonyl (C=O) groups is 1. The maximum atomic E-state index is 11.9. The van der Waals surface area contributed by atoms with Crippen molar-refractivity contribution in [2.24, 2.45) is 0 Å². The standard InChI is InChI=1S/C17H27N5O3/c23-17(21-14-4-2-1-3-5-14)18-6-9-25-16-12-15(19-13-20-16)22-7-10-24-11-8-22/h12-14H,1-11H2,(H2,18,21,23). The molecule has 0 bridgehead atoms. The molecule has 1 saturated carbocycles. The van der Waals surface area contributed by atoms with Gasteiger partial charge in [-0.2, -0.15) is 0 Å². The monoisotopic (exact) mass is 349 g/mol. The molecule has 138 valence electrons. The van der Waals surface area contributed by atoms with Gasteiger partial charge in [0.25, 0.3) is 0 Å². The summed E-state index contributed by atoms with van der Waals surface area (Å²) in [6.07, 6.45) is 7.34. The van der Waals surface area contributed by atoms with Crippen LogP contribution in [0.15, 0.2) is 12.4 Å². The lowest BCUT2D eigenvalue weighted by Crippen LogP contribution is -2.44. The van der Waals surface area contributed by atoms with Crippen LogP contribution < -0.4 is 20.3 Å². The second kappa shape index (κ2) is 9.41. The van der Waals surface area contributed by atoms with Crippen molar-refractivity contribution in [3.05, 3.63) is 12.4 Å². The molecule has 1 saturated heterocycles. The van der Waals surface area contributed by atoms with Gasteiger partial charge in [-0.05, 0) is 12.8 Å². The summed E-state index contributed by atoms with van der Waals surface area (Å²) in [4.78, 5) is 22.4. The molecule has 25 heavy (non-hydrogen) atoms. The molecule has 0 atom stereocenters. The van der Waals surface area contributed by atoms with Crippen molar-refractivity contribution in [2.75, 3.05) is 44.4 Å². The summed E-state index contributed by atoms with van der Waals surface area (Å²) in [7, 11) is 0. The minimum absolute atomic E-state index is 0.118. The van der Waals surface area contributed by atoms with Crippen molar-refractivity contribution in [3.63, 3.8) is 0 Å². The van der Waals surface area contributed by atoms with Crippen molar-refractivity contribution in [1.82, 2.24) is 20.6 Å². The van der Waals surface area contributed by atoms with Crippen molar-refractivity contribution in [2.45, 2.75) is 38.1 Å². The zero-order valence-electron chi connectivity index (χ0n) is 14.6. The molecule has 0 aromatic carbocycles. The fraction of sp³-hybridized carbons (Fsp3) is 0.706. The Morgan fingerprint density at radius 3 is 2.84 bits per heavy atom. The lowest BCUT2D eigenvalue weighted by Gasteiger charge is -2.27. The Morgan fingerprint density at radius 1 is 1.24 bits per heavy atom. The van der Waals surface area contributed by atoms with E-state index in [1.165, 1.54) is 25.6 Å². The van der Waals surface area contributed by atoms with Gasteiger partial charge in [-0.25, -0.2) is 14.8 Å². The number of carbonyl (C=O) groups excluding carboxylic acids is 1. The predicted octanol–water partition coefficient (Wildman–Crippen LogP) is 1.32. The van der Waals surface area contributed by atoms with Crippen LogP contribution in [0.3, 0.4) is 0 Å². The van der Waals surface area contributed by atoms with Crippen molar-refractivity contribution in [3.8, 4) is 5.88 Å². The van der Waals surface area contributed by atoms with Gasteiger partial charge in [0.15, 0.2) is 0 Å². The van der Waals surface area contributed by atoms with Crippen molar-refractivity contribution in [1.29, 1.82) is 0 Å². The fourth-order valence-corrected chi connectivity index (χ4v) is 3.18. The molecule has 2 amide bonds. The number of nitrogens with zero attached hydrogens (tertiary/aromatic N) is 3. The SMILES string of the molecule is O=C(NCCOc1cc(N2CCOCC2)ncn1)NC1CCCCC1. The molecular weight excluding hydrogens is 322 g/mol. The summed E-state index contributed by atoms with van der Waals surface area (Å²) in [5.74, 6) is 1.36. The van der Waals surface area contributed by atoms with Crippen LogP contribution >= 0.6 is 0 Å². The normalized spacial score (nSPS) is 18.6. The average molecular weight is 349 g/mol. The average Bonchev–Trinajstić information content (AvgIpc) is 2.67. The largest absolute Gasteiger partial charge is 0.476 e. The van der Waals surface area contributed by atoms with Gasteiger partial charge >= 0.3 is 6.03 Å². The zero-order chi connectivity index (χ0) is 17.3. The van der Waals surface area contributed by atoms with Gasteiger partial charge in [-0.3, -0.25) is 0 Å². The summed E-state index contributed by atoms with van der Waals surface area (Å²) in [6.45, 7) is 3.87. The highest BCUT2D eigenvalue weighted by Gasteiger charge is 2.15. The first-order valence-electron chi connectivity index (χ1n) is 9.13. The van der Waals surface area contributed by atoms with Gasteiger partial charge in [0.2, 0.25) is 5.88 Å². The van der Waals surface area contributed by atoms with Crippen LogP contribution in [0.4, 0.5) is 10.6 Å². The van der Waals surface area contributed by atoms with Gasteiger partial charge < -0.3 is 25.0 Å². The molecule has 8 heteroatoms. The summed E-state index contributed by atoms with van der Waals surface area (Å²) >= 11 is 0. The first-order chi connectivity index (χ1) is 12.3. The van der Waals surface area contributed by atoms with E-state index < -0.39 is 0 Å². The number of amides is 2. The number of hydrogen-bond donors (Lipinski definition) is 2. The van der Waals surface area contributed by atoms with Crippen molar-refractivity contribution < 1.29 is 14.3 Å². The quantitative estimate of drug-likeness (QED) is 0.753. The molecule has 3 rings (SSSR count). The highest BCUT2D eigenvalue weighted by Crippen LogP contribution is 2.17. The fourth-order valence-electron chi connectivity index (χ4n) is 3.18. The number of anilines is 1. The summed E-state index contributed by atoms with van der Waals surface area (Å²) in [5.41, 5.74) is 0. The second-order valence-corrected chi connectivity index (χ2v) is 6.40. The first kappa shape index (κ1) is 17.7. The molecule has 1 aliphatic carbocycles. The Balaban J connectivity index is 1.36. The number of morpholine rings is 1. The van der Waals surface area contributed by atoms with Crippen LogP contribution in [0.25, 0.3) is 0 Å². The van der Waals surface area contributed by atoms with E-state index in [4.69, 9.17) is 9.47 Å². The number of hydrogen-bond acceptors (Lipinski definition) is 6. The molecule has 0 spiro atoms.